The summed E-state index contributed by atoms with van der Waals surface area (Å²) in [5.41, 5.74) is 8.82. The van der Waals surface area contributed by atoms with Crippen molar-refractivity contribution in [3.05, 3.63) is 53.5 Å². The summed E-state index contributed by atoms with van der Waals surface area (Å²) in [4.78, 5) is 11.0. The molecule has 2 rings (SSSR count). The highest BCUT2D eigenvalue weighted by molar-refractivity contribution is 5.47. The first-order valence-corrected chi connectivity index (χ1v) is 5.98. The molecule has 2 aromatic rings. The van der Waals surface area contributed by atoms with Gasteiger partial charge in [-0.3, -0.25) is 4.98 Å². The molecular weight excluding hydrogens is 224 g/mol. The van der Waals surface area contributed by atoms with Gasteiger partial charge < -0.3 is 10.6 Å². The highest BCUT2D eigenvalue weighted by Gasteiger charge is 2.09. The van der Waals surface area contributed by atoms with E-state index < -0.39 is 0 Å². The van der Waals surface area contributed by atoms with E-state index in [0.717, 1.165) is 29.3 Å². The smallest absolute Gasteiger partial charge is 0.133 e. The van der Waals surface area contributed by atoms with Gasteiger partial charge in [0.15, 0.2) is 0 Å². The molecule has 0 bridgehead atoms. The molecule has 0 radical (unpaired) electrons. The van der Waals surface area contributed by atoms with Gasteiger partial charge in [0.25, 0.3) is 0 Å². The molecule has 2 N–H and O–H groups in total. The molecule has 94 valence electrons. The fourth-order valence-corrected chi connectivity index (χ4v) is 1.87. The molecule has 0 aliphatic rings. The highest BCUT2D eigenvalue weighted by Crippen LogP contribution is 2.18. The minimum absolute atomic E-state index is 0.495. The number of pyridine rings is 2. The van der Waals surface area contributed by atoms with Crippen LogP contribution in [0, 0.1) is 6.92 Å². The Bertz CT molecular complexity index is 510. The molecule has 0 saturated heterocycles. The predicted octanol–water partition coefficient (Wildman–Crippen LogP) is 1.88. The SMILES string of the molecule is Cc1ccc(CN)c(N(C)Cc2ccccn2)n1. The summed E-state index contributed by atoms with van der Waals surface area (Å²) in [5.74, 6) is 0.933. The molecule has 4 nitrogen and oxygen atoms in total. The number of hydrogen-bond donors (Lipinski definition) is 1. The third kappa shape index (κ3) is 2.84. The summed E-state index contributed by atoms with van der Waals surface area (Å²) in [6, 6.07) is 9.94. The lowest BCUT2D eigenvalue weighted by Crippen LogP contribution is -2.21. The molecule has 0 amide bonds. The topological polar surface area (TPSA) is 55.0 Å². The number of aromatic nitrogens is 2. The molecule has 0 aromatic carbocycles. The zero-order chi connectivity index (χ0) is 13.0. The summed E-state index contributed by atoms with van der Waals surface area (Å²) < 4.78 is 0. The van der Waals surface area contributed by atoms with Gasteiger partial charge in [-0.1, -0.05) is 12.1 Å². The lowest BCUT2D eigenvalue weighted by atomic mass is 10.2. The molecule has 0 aliphatic carbocycles. The molecule has 0 saturated carbocycles. The Kier molecular flexibility index (Phi) is 3.89. The van der Waals surface area contributed by atoms with Crippen molar-refractivity contribution in [2.75, 3.05) is 11.9 Å². The van der Waals surface area contributed by atoms with Crippen molar-refractivity contribution in [1.29, 1.82) is 0 Å². The maximum Gasteiger partial charge on any atom is 0.133 e. The summed E-state index contributed by atoms with van der Waals surface area (Å²) in [7, 11) is 2.01. The molecule has 18 heavy (non-hydrogen) atoms. The van der Waals surface area contributed by atoms with E-state index in [-0.39, 0.29) is 0 Å². The molecule has 0 aliphatic heterocycles. The third-order valence-corrected chi connectivity index (χ3v) is 2.80. The van der Waals surface area contributed by atoms with Crippen LogP contribution >= 0.6 is 0 Å². The van der Waals surface area contributed by atoms with Crippen molar-refractivity contribution in [3.63, 3.8) is 0 Å². The average molecular weight is 242 g/mol. The second-order valence-electron chi connectivity index (χ2n) is 4.32. The minimum atomic E-state index is 0.495. The first-order valence-electron chi connectivity index (χ1n) is 5.98. The van der Waals surface area contributed by atoms with Crippen LogP contribution in [-0.4, -0.2) is 17.0 Å². The van der Waals surface area contributed by atoms with E-state index >= 15 is 0 Å². The lowest BCUT2D eigenvalue weighted by Gasteiger charge is -2.20. The number of anilines is 1. The maximum absolute atomic E-state index is 5.75. The quantitative estimate of drug-likeness (QED) is 0.889. The Balaban J connectivity index is 2.23. The Morgan fingerprint density at radius 2 is 2.06 bits per heavy atom. The summed E-state index contributed by atoms with van der Waals surface area (Å²) in [5, 5.41) is 0. The van der Waals surface area contributed by atoms with Crippen LogP contribution in [0.15, 0.2) is 36.5 Å². The van der Waals surface area contributed by atoms with E-state index in [1.807, 2.05) is 44.3 Å². The van der Waals surface area contributed by atoms with Gasteiger partial charge in [-0.15, -0.1) is 0 Å². The van der Waals surface area contributed by atoms with Crippen LogP contribution in [0.1, 0.15) is 17.0 Å². The van der Waals surface area contributed by atoms with E-state index in [2.05, 4.69) is 14.9 Å². The molecule has 0 atom stereocenters. The van der Waals surface area contributed by atoms with Crippen molar-refractivity contribution in [3.8, 4) is 0 Å². The van der Waals surface area contributed by atoms with Crippen molar-refractivity contribution < 1.29 is 0 Å². The number of hydrogen-bond acceptors (Lipinski definition) is 4. The van der Waals surface area contributed by atoms with E-state index in [1.165, 1.54) is 0 Å². The molecule has 0 spiro atoms. The zero-order valence-corrected chi connectivity index (χ0v) is 10.8. The Hall–Kier alpha value is -1.94. The second kappa shape index (κ2) is 5.60. The molecule has 2 aromatic heterocycles. The monoisotopic (exact) mass is 242 g/mol. The molecule has 4 heteroatoms. The first-order chi connectivity index (χ1) is 8.70. The Morgan fingerprint density at radius 3 is 2.72 bits per heavy atom. The van der Waals surface area contributed by atoms with Crippen LogP contribution in [0.2, 0.25) is 0 Å². The number of nitrogens with two attached hydrogens (primary N) is 1. The standard InChI is InChI=1S/C14H18N4/c1-11-6-7-12(9-15)14(17-11)18(2)10-13-5-3-4-8-16-13/h3-8H,9-10,15H2,1-2H3. The summed E-state index contributed by atoms with van der Waals surface area (Å²) in [6.45, 7) is 3.21. The van der Waals surface area contributed by atoms with Crippen LogP contribution in [0.3, 0.4) is 0 Å². The van der Waals surface area contributed by atoms with Gasteiger partial charge in [0.2, 0.25) is 0 Å². The summed E-state index contributed by atoms with van der Waals surface area (Å²) in [6.07, 6.45) is 1.80. The number of aryl methyl sites for hydroxylation is 1. The van der Waals surface area contributed by atoms with Crippen LogP contribution in [0.4, 0.5) is 5.82 Å². The predicted molar refractivity (Wildman–Crippen MR) is 73.2 cm³/mol. The second-order valence-corrected chi connectivity index (χ2v) is 4.32. The van der Waals surface area contributed by atoms with E-state index in [1.54, 1.807) is 6.20 Å². The van der Waals surface area contributed by atoms with Gasteiger partial charge in [0.05, 0.1) is 12.2 Å². The fourth-order valence-electron chi connectivity index (χ4n) is 1.87. The molecular formula is C14H18N4. The van der Waals surface area contributed by atoms with Crippen LogP contribution in [-0.2, 0) is 13.1 Å². The van der Waals surface area contributed by atoms with Crippen molar-refractivity contribution in [1.82, 2.24) is 9.97 Å². The van der Waals surface area contributed by atoms with E-state index in [4.69, 9.17) is 5.73 Å². The van der Waals surface area contributed by atoms with Crippen molar-refractivity contribution >= 4 is 5.82 Å². The number of rotatable bonds is 4. The van der Waals surface area contributed by atoms with Crippen LogP contribution in [0.5, 0.6) is 0 Å². The van der Waals surface area contributed by atoms with Gasteiger partial charge in [-0.25, -0.2) is 4.98 Å². The van der Waals surface area contributed by atoms with Crippen molar-refractivity contribution in [2.45, 2.75) is 20.0 Å². The van der Waals surface area contributed by atoms with Crippen LogP contribution < -0.4 is 10.6 Å². The van der Waals surface area contributed by atoms with Gasteiger partial charge in [0, 0.05) is 31.0 Å². The Morgan fingerprint density at radius 1 is 1.22 bits per heavy atom. The fraction of sp³-hybridized carbons (Fsp3) is 0.286. The molecule has 0 fully saturated rings. The van der Waals surface area contributed by atoms with Crippen molar-refractivity contribution in [2.24, 2.45) is 5.73 Å². The molecule has 0 unspecified atom stereocenters. The summed E-state index contributed by atoms with van der Waals surface area (Å²) >= 11 is 0. The van der Waals surface area contributed by atoms with Gasteiger partial charge in [-0.2, -0.15) is 0 Å². The highest BCUT2D eigenvalue weighted by atomic mass is 15.2. The van der Waals surface area contributed by atoms with E-state index in [9.17, 15) is 0 Å². The third-order valence-electron chi connectivity index (χ3n) is 2.80. The van der Waals surface area contributed by atoms with Gasteiger partial charge >= 0.3 is 0 Å². The normalized spacial score (nSPS) is 10.4. The molecule has 2 heterocycles. The minimum Gasteiger partial charge on any atom is -0.354 e. The Labute approximate surface area is 107 Å². The van der Waals surface area contributed by atoms with Crippen LogP contribution in [0.25, 0.3) is 0 Å². The van der Waals surface area contributed by atoms with E-state index in [0.29, 0.717) is 6.54 Å². The average Bonchev–Trinajstić information content (AvgIpc) is 2.40. The maximum atomic E-state index is 5.75. The van der Waals surface area contributed by atoms with Gasteiger partial charge in [0.1, 0.15) is 5.82 Å². The largest absolute Gasteiger partial charge is 0.354 e. The first kappa shape index (κ1) is 12.5. The lowest BCUT2D eigenvalue weighted by molar-refractivity contribution is 0.845. The van der Waals surface area contributed by atoms with Gasteiger partial charge in [-0.05, 0) is 25.1 Å². The zero-order valence-electron chi connectivity index (χ0n) is 10.8. The number of nitrogens with zero attached hydrogens (tertiary/aromatic N) is 3.